The van der Waals surface area contributed by atoms with Crippen molar-refractivity contribution in [2.45, 2.75) is 45.2 Å². The number of fused-ring (bicyclic) bond motifs is 3. The predicted molar refractivity (Wildman–Crippen MR) is 126 cm³/mol. The van der Waals surface area contributed by atoms with Gasteiger partial charge in [0.1, 0.15) is 35.0 Å². The van der Waals surface area contributed by atoms with Crippen LogP contribution in [-0.2, 0) is 23.3 Å². The van der Waals surface area contributed by atoms with E-state index in [9.17, 15) is 14.4 Å². The Morgan fingerprint density at radius 1 is 1.06 bits per heavy atom. The molecule has 2 aromatic heterocycles. The van der Waals surface area contributed by atoms with E-state index in [2.05, 4.69) is 44.1 Å². The highest BCUT2D eigenvalue weighted by Crippen LogP contribution is 2.38. The van der Waals surface area contributed by atoms with Crippen molar-refractivity contribution >= 4 is 29.1 Å². The lowest BCUT2D eigenvalue weighted by molar-refractivity contribution is -0.117. The molecule has 1 spiro atoms. The molecule has 2 amide bonds. The zero-order valence-electron chi connectivity index (χ0n) is 18.9. The van der Waals surface area contributed by atoms with Crippen LogP contribution in [0.15, 0.2) is 41.5 Å². The van der Waals surface area contributed by atoms with E-state index in [1.54, 1.807) is 16.7 Å². The summed E-state index contributed by atoms with van der Waals surface area (Å²) in [5.74, 6) is 0.520. The molecule has 2 aliphatic carbocycles. The summed E-state index contributed by atoms with van der Waals surface area (Å²) in [5.41, 5.74) is 3.69. The fourth-order valence-corrected chi connectivity index (χ4v) is 5.09. The van der Waals surface area contributed by atoms with Gasteiger partial charge in [0.25, 0.3) is 11.5 Å². The Bertz CT molecular complexity index is 1440. The van der Waals surface area contributed by atoms with E-state index in [1.807, 2.05) is 13.8 Å². The molecule has 1 atom stereocenters. The summed E-state index contributed by atoms with van der Waals surface area (Å²) in [6.07, 6.45) is 4.23. The monoisotopic (exact) mass is 456 g/mol. The minimum absolute atomic E-state index is 0.0518. The highest BCUT2D eigenvalue weighted by Gasteiger charge is 2.48. The minimum Gasteiger partial charge on any atom is -0.336 e. The molecule has 1 saturated carbocycles. The second-order valence-electron chi connectivity index (χ2n) is 9.52. The first kappa shape index (κ1) is 20.6. The lowest BCUT2D eigenvalue weighted by atomic mass is 10.1. The molecule has 0 radical (unpaired) electrons. The molecule has 9 heteroatoms. The van der Waals surface area contributed by atoms with E-state index in [-0.39, 0.29) is 23.3 Å². The lowest BCUT2D eigenvalue weighted by Gasteiger charge is -2.27. The molecule has 3 aliphatic rings. The van der Waals surface area contributed by atoms with Crippen LogP contribution in [0.3, 0.4) is 0 Å². The van der Waals surface area contributed by atoms with Gasteiger partial charge >= 0.3 is 0 Å². The lowest BCUT2D eigenvalue weighted by Crippen LogP contribution is -2.48. The van der Waals surface area contributed by atoms with E-state index < -0.39 is 5.66 Å². The number of nitrogens with zero attached hydrogens (tertiary/aromatic N) is 3. The maximum atomic E-state index is 13.7. The van der Waals surface area contributed by atoms with Crippen LogP contribution in [0.1, 0.15) is 45.6 Å². The van der Waals surface area contributed by atoms with Crippen molar-refractivity contribution < 1.29 is 9.59 Å². The standard InChI is InChI=1S/C25H24N6O3/c1-13-3-4-16-10-25(11-17(16)7-13)30-23(33)21-14(2)8-18(24(34)31(21)25)28-19-9-20(27-12-26-19)29-22(32)15-5-6-15/h3-4,7-9,12,15H,5-6,10-11H2,1-2H3,(H,30,33)(H2,26,27,28,29,32). The van der Waals surface area contributed by atoms with Crippen molar-refractivity contribution in [3.63, 3.8) is 0 Å². The van der Waals surface area contributed by atoms with Crippen molar-refractivity contribution in [1.82, 2.24) is 19.9 Å². The van der Waals surface area contributed by atoms with Crippen LogP contribution in [-0.4, -0.2) is 26.3 Å². The van der Waals surface area contributed by atoms with Crippen molar-refractivity contribution in [3.8, 4) is 0 Å². The fraction of sp³-hybridized carbons (Fsp3) is 0.320. The number of rotatable bonds is 4. The van der Waals surface area contributed by atoms with Gasteiger partial charge < -0.3 is 16.0 Å². The Balaban J connectivity index is 1.37. The summed E-state index contributed by atoms with van der Waals surface area (Å²) in [4.78, 5) is 47.0. The summed E-state index contributed by atoms with van der Waals surface area (Å²) >= 11 is 0. The fourth-order valence-electron chi connectivity index (χ4n) is 5.09. The highest BCUT2D eigenvalue weighted by atomic mass is 16.2. The number of pyridine rings is 1. The Morgan fingerprint density at radius 3 is 2.62 bits per heavy atom. The van der Waals surface area contributed by atoms with Gasteiger partial charge in [-0.2, -0.15) is 0 Å². The largest absolute Gasteiger partial charge is 0.336 e. The molecule has 3 heterocycles. The van der Waals surface area contributed by atoms with Gasteiger partial charge in [-0.05, 0) is 49.4 Å². The molecular formula is C25H24N6O3. The van der Waals surface area contributed by atoms with Gasteiger partial charge in [-0.15, -0.1) is 0 Å². The third-order valence-corrected chi connectivity index (χ3v) is 6.84. The Morgan fingerprint density at radius 2 is 1.82 bits per heavy atom. The molecular weight excluding hydrogens is 432 g/mol. The third kappa shape index (κ3) is 3.27. The van der Waals surface area contributed by atoms with Crippen LogP contribution >= 0.6 is 0 Å². The maximum Gasteiger partial charge on any atom is 0.276 e. The number of anilines is 3. The van der Waals surface area contributed by atoms with E-state index in [0.29, 0.717) is 41.4 Å². The summed E-state index contributed by atoms with van der Waals surface area (Å²) in [6, 6.07) is 9.51. The van der Waals surface area contributed by atoms with E-state index in [1.165, 1.54) is 6.33 Å². The number of benzene rings is 1. The zero-order chi connectivity index (χ0) is 23.6. The van der Waals surface area contributed by atoms with E-state index in [4.69, 9.17) is 0 Å². The number of hydrogen-bond donors (Lipinski definition) is 3. The molecule has 1 fully saturated rings. The molecule has 3 aromatic rings. The van der Waals surface area contributed by atoms with Gasteiger partial charge in [-0.25, -0.2) is 9.97 Å². The third-order valence-electron chi connectivity index (χ3n) is 6.84. The Hall–Kier alpha value is -4.01. The van der Waals surface area contributed by atoms with E-state index >= 15 is 0 Å². The summed E-state index contributed by atoms with van der Waals surface area (Å²) in [6.45, 7) is 3.86. The summed E-state index contributed by atoms with van der Waals surface area (Å²) < 4.78 is 1.61. The Labute approximate surface area is 195 Å². The molecule has 3 N–H and O–H groups in total. The predicted octanol–water partition coefficient (Wildman–Crippen LogP) is 2.54. The molecule has 9 nitrogen and oxygen atoms in total. The number of aromatic nitrogens is 3. The SMILES string of the molecule is Cc1ccc2c(c1)CC1(C2)NC(=O)c2c(C)cc(Nc3cc(NC(=O)C4CC4)ncn3)c(=O)n21. The second kappa shape index (κ2) is 7.24. The van der Waals surface area contributed by atoms with Gasteiger partial charge in [-0.3, -0.25) is 19.0 Å². The first-order chi connectivity index (χ1) is 16.3. The molecule has 1 aromatic carbocycles. The first-order valence-electron chi connectivity index (χ1n) is 11.4. The number of hydrogen-bond acceptors (Lipinski definition) is 6. The normalized spacial score (nSPS) is 20.1. The average molecular weight is 457 g/mol. The van der Waals surface area contributed by atoms with Crippen LogP contribution in [0.25, 0.3) is 0 Å². The van der Waals surface area contributed by atoms with Gasteiger partial charge in [0.15, 0.2) is 0 Å². The average Bonchev–Trinajstić information content (AvgIpc) is 3.52. The molecule has 0 bridgehead atoms. The molecule has 172 valence electrons. The van der Waals surface area contributed by atoms with Crippen LogP contribution in [0.4, 0.5) is 17.3 Å². The number of carbonyl (C=O) groups excluding carboxylic acids is 2. The quantitative estimate of drug-likeness (QED) is 0.555. The second-order valence-corrected chi connectivity index (χ2v) is 9.52. The van der Waals surface area contributed by atoms with Crippen molar-refractivity contribution in [3.05, 3.63) is 75.0 Å². The van der Waals surface area contributed by atoms with Crippen molar-refractivity contribution in [2.24, 2.45) is 5.92 Å². The van der Waals surface area contributed by atoms with Crippen LogP contribution in [0.5, 0.6) is 0 Å². The number of aryl methyl sites for hydroxylation is 2. The summed E-state index contributed by atoms with van der Waals surface area (Å²) in [7, 11) is 0. The number of carbonyl (C=O) groups is 2. The van der Waals surface area contributed by atoms with E-state index in [0.717, 1.165) is 29.5 Å². The molecule has 6 rings (SSSR count). The molecule has 1 aliphatic heterocycles. The van der Waals surface area contributed by atoms with Gasteiger partial charge in [0.2, 0.25) is 5.91 Å². The molecule has 34 heavy (non-hydrogen) atoms. The van der Waals surface area contributed by atoms with Crippen LogP contribution < -0.4 is 21.5 Å². The molecule has 0 saturated heterocycles. The zero-order valence-corrected chi connectivity index (χ0v) is 18.9. The number of amides is 2. The smallest absolute Gasteiger partial charge is 0.276 e. The van der Waals surface area contributed by atoms with Crippen LogP contribution in [0, 0.1) is 19.8 Å². The van der Waals surface area contributed by atoms with Gasteiger partial charge in [0, 0.05) is 24.8 Å². The van der Waals surface area contributed by atoms with Gasteiger partial charge in [0.05, 0.1) is 0 Å². The first-order valence-corrected chi connectivity index (χ1v) is 11.4. The molecule has 1 unspecified atom stereocenters. The topological polar surface area (TPSA) is 118 Å². The van der Waals surface area contributed by atoms with Crippen molar-refractivity contribution in [2.75, 3.05) is 10.6 Å². The highest BCUT2D eigenvalue weighted by molar-refractivity contribution is 5.97. The van der Waals surface area contributed by atoms with Crippen molar-refractivity contribution in [1.29, 1.82) is 0 Å². The minimum atomic E-state index is -0.822. The maximum absolute atomic E-state index is 13.7. The summed E-state index contributed by atoms with van der Waals surface area (Å²) in [5, 5.41) is 8.97. The Kier molecular flexibility index (Phi) is 4.39. The van der Waals surface area contributed by atoms with Gasteiger partial charge in [-0.1, -0.05) is 23.8 Å². The van der Waals surface area contributed by atoms with Crippen LogP contribution in [0.2, 0.25) is 0 Å². The number of nitrogens with one attached hydrogen (secondary N) is 3.